The van der Waals surface area contributed by atoms with E-state index in [4.69, 9.17) is 23.7 Å². The fourth-order valence-corrected chi connectivity index (χ4v) is 13.1. The van der Waals surface area contributed by atoms with Crippen molar-refractivity contribution in [1.29, 1.82) is 0 Å². The summed E-state index contributed by atoms with van der Waals surface area (Å²) >= 11 is 0. The van der Waals surface area contributed by atoms with Gasteiger partial charge >= 0.3 is 23.9 Å². The van der Waals surface area contributed by atoms with Gasteiger partial charge in [0.25, 0.3) is 0 Å². The Labute approximate surface area is 328 Å². The van der Waals surface area contributed by atoms with Crippen LogP contribution in [0.5, 0.6) is 0 Å². The second kappa shape index (κ2) is 13.6. The molecule has 0 radical (unpaired) electrons. The third-order valence-corrected chi connectivity index (χ3v) is 16.0. The largest absolute Gasteiger partial charge is 0.458 e. The van der Waals surface area contributed by atoms with Gasteiger partial charge in [-0.05, 0) is 76.5 Å². The summed E-state index contributed by atoms with van der Waals surface area (Å²) in [4.78, 5) is 55.6. The molecule has 3 aliphatic heterocycles. The summed E-state index contributed by atoms with van der Waals surface area (Å²) in [5.41, 5.74) is -8.37. The van der Waals surface area contributed by atoms with Crippen molar-refractivity contribution in [2.24, 2.45) is 46.8 Å². The van der Waals surface area contributed by atoms with Crippen molar-refractivity contribution in [3.05, 3.63) is 0 Å². The van der Waals surface area contributed by atoms with Crippen molar-refractivity contribution >= 4 is 23.9 Å². The maximum Gasteiger partial charge on any atom is 0.338 e. The van der Waals surface area contributed by atoms with E-state index in [1.807, 2.05) is 13.8 Å². The van der Waals surface area contributed by atoms with Crippen LogP contribution in [0.15, 0.2) is 0 Å². The summed E-state index contributed by atoms with van der Waals surface area (Å²) in [7, 11) is 0. The topological polar surface area (TPSA) is 219 Å². The molecule has 56 heavy (non-hydrogen) atoms. The van der Waals surface area contributed by atoms with E-state index in [1.165, 1.54) is 20.8 Å². The first-order chi connectivity index (χ1) is 26.0. The zero-order chi connectivity index (χ0) is 41.3. The zero-order valence-corrected chi connectivity index (χ0v) is 34.2. The van der Waals surface area contributed by atoms with Crippen LogP contribution in [-0.4, -0.2) is 132 Å². The second-order valence-corrected chi connectivity index (χ2v) is 19.2. The number of rotatable bonds is 8. The first kappa shape index (κ1) is 41.7. The number of carbonyl (C=O) groups is 4. The standard InChI is InChI=1S/C41H63NO14/c1-10-20(4)34(46)55-33-28(45)27-23(18-42-17-19(3)12-13-25(42)38(27,9)49)24-16-39-32(40(24,33)50)30(53-22(6)44)29(52-21(5)43)31-36(39,7)15-14-26(41(31,51)56-39)54-35(47)37(8,48)11-2/h19-20,23-33,45,48-51H,10-18H2,1-9H3/t19-,20+,23+,24-,25-,26-,27+,28+,29-,30+,31-,32+,33-,36-,37-,38+,39+,40-,41+/m0/s1. The third kappa shape index (κ3) is 5.60. The van der Waals surface area contributed by atoms with Crippen LogP contribution in [0.3, 0.4) is 0 Å². The predicted molar refractivity (Wildman–Crippen MR) is 195 cm³/mol. The van der Waals surface area contributed by atoms with E-state index in [0.29, 0.717) is 31.8 Å². The number of hydrogen-bond donors (Lipinski definition) is 5. The van der Waals surface area contributed by atoms with E-state index in [2.05, 4.69) is 11.8 Å². The number of nitrogens with zero attached hydrogens (tertiary/aromatic N) is 1. The van der Waals surface area contributed by atoms with Crippen LogP contribution in [-0.2, 0) is 42.9 Å². The van der Waals surface area contributed by atoms with E-state index >= 15 is 0 Å². The molecule has 5 N–H and O–H groups in total. The van der Waals surface area contributed by atoms with Gasteiger partial charge in [0, 0.05) is 44.3 Å². The Kier molecular flexibility index (Phi) is 10.1. The lowest BCUT2D eigenvalue weighted by atomic mass is 9.48. The smallest absolute Gasteiger partial charge is 0.338 e. The Morgan fingerprint density at radius 2 is 1.55 bits per heavy atom. The van der Waals surface area contributed by atoms with Gasteiger partial charge in [0.05, 0.1) is 35.1 Å². The summed E-state index contributed by atoms with van der Waals surface area (Å²) in [5.74, 6) is -10.8. The van der Waals surface area contributed by atoms with Gasteiger partial charge in [0.15, 0.2) is 17.8 Å². The van der Waals surface area contributed by atoms with Crippen LogP contribution in [0.25, 0.3) is 0 Å². The fourth-order valence-electron chi connectivity index (χ4n) is 13.1. The van der Waals surface area contributed by atoms with Gasteiger partial charge in [0.1, 0.15) is 17.8 Å². The molecular formula is C41H63NO14. The monoisotopic (exact) mass is 793 g/mol. The number of ether oxygens (including phenoxy) is 5. The first-order valence-electron chi connectivity index (χ1n) is 20.7. The van der Waals surface area contributed by atoms with Crippen molar-refractivity contribution in [2.75, 3.05) is 13.1 Å². The van der Waals surface area contributed by atoms with Gasteiger partial charge in [-0.3, -0.25) is 19.3 Å². The highest BCUT2D eigenvalue weighted by atomic mass is 16.7. The molecule has 0 unspecified atom stereocenters. The number of fused-ring (bicyclic) bond motifs is 5. The normalized spacial score (nSPS) is 50.5. The highest BCUT2D eigenvalue weighted by molar-refractivity contribution is 5.79. The molecule has 7 fully saturated rings. The van der Waals surface area contributed by atoms with Crippen LogP contribution >= 0.6 is 0 Å². The van der Waals surface area contributed by atoms with Crippen molar-refractivity contribution in [1.82, 2.24) is 4.90 Å². The Balaban J connectivity index is 1.45. The van der Waals surface area contributed by atoms with Gasteiger partial charge in [-0.2, -0.15) is 0 Å². The van der Waals surface area contributed by atoms with Crippen molar-refractivity contribution in [2.45, 2.75) is 172 Å². The van der Waals surface area contributed by atoms with Gasteiger partial charge in [0.2, 0.25) is 5.79 Å². The molecule has 15 nitrogen and oxygen atoms in total. The number of hydrogen-bond acceptors (Lipinski definition) is 15. The van der Waals surface area contributed by atoms with Crippen molar-refractivity contribution in [3.63, 3.8) is 0 Å². The summed E-state index contributed by atoms with van der Waals surface area (Å²) in [6.07, 6.45) is -5.31. The van der Waals surface area contributed by atoms with E-state index in [0.717, 1.165) is 6.42 Å². The molecule has 4 aliphatic carbocycles. The molecule has 4 bridgehead atoms. The van der Waals surface area contributed by atoms with Gasteiger partial charge in [-0.15, -0.1) is 0 Å². The average molecular weight is 794 g/mol. The molecule has 3 heterocycles. The van der Waals surface area contributed by atoms with Crippen LogP contribution in [0, 0.1) is 46.8 Å². The van der Waals surface area contributed by atoms with Gasteiger partial charge in [-0.25, -0.2) is 4.79 Å². The molecule has 0 aromatic carbocycles. The van der Waals surface area contributed by atoms with E-state index < -0.39 is 124 Å². The molecule has 0 amide bonds. The summed E-state index contributed by atoms with van der Waals surface area (Å²) < 4.78 is 31.3. The number of carbonyl (C=O) groups excluding carboxylic acids is 4. The third-order valence-electron chi connectivity index (χ3n) is 16.0. The molecular weight excluding hydrogens is 730 g/mol. The van der Waals surface area contributed by atoms with Crippen molar-refractivity contribution < 1.29 is 68.4 Å². The van der Waals surface area contributed by atoms with Gasteiger partial charge < -0.3 is 49.2 Å². The fraction of sp³-hybridized carbons (Fsp3) is 0.902. The predicted octanol–water partition coefficient (Wildman–Crippen LogP) is 1.61. The molecule has 4 saturated carbocycles. The Morgan fingerprint density at radius 1 is 0.929 bits per heavy atom. The minimum Gasteiger partial charge on any atom is -0.458 e. The maximum atomic E-state index is 13.9. The summed E-state index contributed by atoms with van der Waals surface area (Å²) in [6, 6.07) is -0.309. The number of aliphatic hydroxyl groups excluding tert-OH is 1. The number of piperidine rings is 2. The summed E-state index contributed by atoms with van der Waals surface area (Å²) in [5, 5.41) is 62.9. The zero-order valence-electron chi connectivity index (χ0n) is 34.2. The highest BCUT2D eigenvalue weighted by Crippen LogP contribution is 2.78. The average Bonchev–Trinajstić information content (AvgIpc) is 3.40. The molecule has 7 aliphatic rings. The van der Waals surface area contributed by atoms with Crippen LogP contribution < -0.4 is 0 Å². The Bertz CT molecular complexity index is 1620. The maximum absolute atomic E-state index is 13.9. The molecule has 1 spiro atoms. The molecule has 0 aromatic heterocycles. The van der Waals surface area contributed by atoms with E-state index in [1.54, 1.807) is 20.8 Å². The van der Waals surface area contributed by atoms with Crippen LogP contribution in [0.4, 0.5) is 0 Å². The minimum atomic E-state index is -2.38. The van der Waals surface area contributed by atoms with Gasteiger partial charge in [-0.1, -0.05) is 34.6 Å². The van der Waals surface area contributed by atoms with Crippen molar-refractivity contribution in [3.8, 4) is 0 Å². The number of esters is 4. The van der Waals surface area contributed by atoms with Crippen LogP contribution in [0.2, 0.25) is 0 Å². The number of aliphatic hydroxyl groups is 5. The first-order valence-corrected chi connectivity index (χ1v) is 20.7. The lowest BCUT2D eigenvalue weighted by molar-refractivity contribution is -0.301. The summed E-state index contributed by atoms with van der Waals surface area (Å²) in [6.45, 7) is 15.5. The van der Waals surface area contributed by atoms with E-state index in [-0.39, 0.29) is 31.7 Å². The second-order valence-electron chi connectivity index (χ2n) is 19.2. The molecule has 316 valence electrons. The molecule has 19 atom stereocenters. The molecule has 15 heteroatoms. The lowest BCUT2D eigenvalue weighted by Crippen LogP contribution is -2.78. The molecule has 7 rings (SSSR count). The quantitative estimate of drug-likeness (QED) is 0.174. The molecule has 3 saturated heterocycles. The van der Waals surface area contributed by atoms with Crippen LogP contribution in [0.1, 0.15) is 107 Å². The SMILES string of the molecule is CC[C@@H](C)C(=O)O[C@H]1[C@H](O)[C@H]2[C@H](CN3C[C@@H](C)CC[C@H]3[C@@]2(C)O)[C@@H]2C[C@]34O[C@]5(O)[C@@H](OC(=O)[C@@](C)(O)CC)CC[C@@]3(C)[C@@H]5[C@@H](OC(C)=O)[C@@H](OC(C)=O)[C@H]4[C@@]21O. The molecule has 0 aromatic rings. The Morgan fingerprint density at radius 3 is 2.14 bits per heavy atom. The minimum absolute atomic E-state index is 0.0107. The van der Waals surface area contributed by atoms with E-state index in [9.17, 15) is 44.7 Å². The Hall–Kier alpha value is -2.40. The highest BCUT2D eigenvalue weighted by Gasteiger charge is 2.90. The lowest BCUT2D eigenvalue weighted by Gasteiger charge is -2.64.